The van der Waals surface area contributed by atoms with Crippen molar-refractivity contribution in [2.24, 2.45) is 5.92 Å². The third-order valence-electron chi connectivity index (χ3n) is 6.78. The Morgan fingerprint density at radius 3 is 2.50 bits per heavy atom. The lowest BCUT2D eigenvalue weighted by Gasteiger charge is -2.33. The number of carbonyl (C=O) groups excluding carboxylic acids is 3. The van der Waals surface area contributed by atoms with Crippen LogP contribution in [0, 0.1) is 11.7 Å². The molecular weight excluding hydrogens is 433 g/mol. The summed E-state index contributed by atoms with van der Waals surface area (Å²) in [5.74, 6) is -3.74. The predicted octanol–water partition coefficient (Wildman–Crippen LogP) is 2.02. The summed E-state index contributed by atoms with van der Waals surface area (Å²) < 4.78 is 20.3. The minimum atomic E-state index is -1.78. The molecule has 0 bridgehead atoms. The maximum atomic E-state index is 14.9. The molecule has 2 amide bonds. The molecule has 7 nitrogen and oxygen atoms in total. The Bertz CT molecular complexity index is 1230. The first-order valence-electron chi connectivity index (χ1n) is 10.2. The number of nitrogens with zero attached hydrogens (tertiary/aromatic N) is 2. The molecule has 164 valence electrons. The van der Waals surface area contributed by atoms with Gasteiger partial charge in [-0.25, -0.2) is 4.39 Å². The summed E-state index contributed by atoms with van der Waals surface area (Å²) in [5.41, 5.74) is -2.03. The highest BCUT2D eigenvalue weighted by Crippen LogP contribution is 2.60. The maximum Gasteiger partial charge on any atom is 0.314 e. The summed E-state index contributed by atoms with van der Waals surface area (Å²) in [4.78, 5) is 43.7. The second kappa shape index (κ2) is 6.59. The van der Waals surface area contributed by atoms with Gasteiger partial charge in [0.15, 0.2) is 5.54 Å². The van der Waals surface area contributed by atoms with Crippen molar-refractivity contribution in [2.45, 2.75) is 17.9 Å². The van der Waals surface area contributed by atoms with Crippen LogP contribution in [0.3, 0.4) is 0 Å². The zero-order valence-electron chi connectivity index (χ0n) is 17.6. The molecule has 1 fully saturated rings. The van der Waals surface area contributed by atoms with Gasteiger partial charge in [-0.1, -0.05) is 42.5 Å². The molecule has 3 aliphatic heterocycles. The summed E-state index contributed by atoms with van der Waals surface area (Å²) >= 11 is 5.69. The Hall–Kier alpha value is -3.33. The minimum Gasteiger partial charge on any atom is -0.466 e. The van der Waals surface area contributed by atoms with Crippen molar-refractivity contribution in [3.63, 3.8) is 0 Å². The first-order chi connectivity index (χ1) is 15.2. The van der Waals surface area contributed by atoms with Gasteiger partial charge in [-0.15, -0.1) is 0 Å². The lowest BCUT2D eigenvalue weighted by molar-refractivity contribution is -0.156. The van der Waals surface area contributed by atoms with Crippen molar-refractivity contribution in [3.8, 4) is 0 Å². The molecule has 1 saturated heterocycles. The van der Waals surface area contributed by atoms with Crippen LogP contribution in [0.1, 0.15) is 18.1 Å². The second-order valence-corrected chi connectivity index (χ2v) is 8.54. The number of rotatable bonds is 2. The summed E-state index contributed by atoms with van der Waals surface area (Å²) in [6.45, 7) is 1.69. The number of anilines is 2. The first kappa shape index (κ1) is 20.6. The Morgan fingerprint density at radius 2 is 1.78 bits per heavy atom. The van der Waals surface area contributed by atoms with E-state index in [2.05, 4.69) is 5.32 Å². The summed E-state index contributed by atoms with van der Waals surface area (Å²) in [6, 6.07) is 11.3. The quantitative estimate of drug-likeness (QED) is 0.554. The van der Waals surface area contributed by atoms with Crippen LogP contribution >= 0.6 is 12.2 Å². The van der Waals surface area contributed by atoms with E-state index in [1.165, 1.54) is 29.0 Å². The average Bonchev–Trinajstić information content (AvgIpc) is 3.27. The third kappa shape index (κ3) is 2.09. The second-order valence-electron chi connectivity index (χ2n) is 8.14. The largest absolute Gasteiger partial charge is 0.466 e. The van der Waals surface area contributed by atoms with E-state index in [4.69, 9.17) is 17.0 Å². The van der Waals surface area contributed by atoms with Gasteiger partial charge in [-0.3, -0.25) is 14.4 Å². The molecule has 0 aromatic heterocycles. The Labute approximate surface area is 189 Å². The van der Waals surface area contributed by atoms with E-state index < -0.39 is 40.5 Å². The van der Waals surface area contributed by atoms with E-state index in [-0.39, 0.29) is 22.8 Å². The predicted molar refractivity (Wildman–Crippen MR) is 119 cm³/mol. The fourth-order valence-electron chi connectivity index (χ4n) is 5.53. The molecule has 9 heteroatoms. The fraction of sp³-hybridized carbons (Fsp3) is 0.304. The number of nitrogens with one attached hydrogen (secondary N) is 1. The molecule has 32 heavy (non-hydrogen) atoms. The van der Waals surface area contributed by atoms with Gasteiger partial charge in [-0.05, 0) is 19.1 Å². The van der Waals surface area contributed by atoms with Gasteiger partial charge in [0, 0.05) is 30.9 Å². The van der Waals surface area contributed by atoms with Crippen molar-refractivity contribution >= 4 is 46.4 Å². The van der Waals surface area contributed by atoms with Crippen LogP contribution < -0.4 is 15.1 Å². The van der Waals surface area contributed by atoms with Gasteiger partial charge in [-0.2, -0.15) is 0 Å². The standard InChI is InChI=1S/C23H20FN3O4S/c1-4-31-18(28)17-22(13-9-7-10-14(24)16(13)27(3)20(22)29)19(32)25-23(17)12-8-5-6-11-15(12)26(2)21(23)30/h5-11,17H,4H2,1-3H3,(H,25,32)/t17-,22-,23-/m0/s1. The summed E-state index contributed by atoms with van der Waals surface area (Å²) in [7, 11) is 3.04. The van der Waals surface area contributed by atoms with Crippen molar-refractivity contribution in [2.75, 3.05) is 30.5 Å². The number of esters is 1. The van der Waals surface area contributed by atoms with Crippen LogP contribution in [0.4, 0.5) is 15.8 Å². The molecule has 3 heterocycles. The number of hydrogen-bond donors (Lipinski definition) is 1. The Balaban J connectivity index is 1.88. The van der Waals surface area contributed by atoms with Crippen molar-refractivity contribution in [1.29, 1.82) is 0 Å². The zero-order chi connectivity index (χ0) is 23.0. The number of ether oxygens (including phenoxy) is 1. The highest BCUT2D eigenvalue weighted by Gasteiger charge is 2.76. The molecule has 3 atom stereocenters. The van der Waals surface area contributed by atoms with E-state index >= 15 is 0 Å². The fourth-order valence-corrected chi connectivity index (χ4v) is 6.00. The van der Waals surface area contributed by atoms with Gasteiger partial charge < -0.3 is 19.9 Å². The molecule has 2 aromatic carbocycles. The summed E-state index contributed by atoms with van der Waals surface area (Å²) in [5, 5.41) is 3.07. The smallest absolute Gasteiger partial charge is 0.314 e. The van der Waals surface area contributed by atoms with E-state index in [0.717, 1.165) is 0 Å². The van der Waals surface area contributed by atoms with Gasteiger partial charge in [0.25, 0.3) is 5.91 Å². The molecule has 0 unspecified atom stereocenters. The zero-order valence-corrected chi connectivity index (χ0v) is 18.5. The SMILES string of the molecule is CCOC(=O)[C@H]1[C@]2(C(=O)N(C)c3c(F)cccc32)C(=S)N[C@]12C(=O)N(C)c1ccccc12. The number of hydrogen-bond acceptors (Lipinski definition) is 5. The molecule has 0 radical (unpaired) electrons. The van der Waals surface area contributed by atoms with E-state index in [0.29, 0.717) is 11.3 Å². The van der Waals surface area contributed by atoms with Crippen molar-refractivity contribution in [1.82, 2.24) is 5.32 Å². The van der Waals surface area contributed by atoms with Gasteiger partial charge >= 0.3 is 5.97 Å². The van der Waals surface area contributed by atoms with Crippen LogP contribution in [0.25, 0.3) is 0 Å². The molecule has 0 aliphatic carbocycles. The van der Waals surface area contributed by atoms with Crippen molar-refractivity contribution in [3.05, 3.63) is 59.4 Å². The van der Waals surface area contributed by atoms with Crippen molar-refractivity contribution < 1.29 is 23.5 Å². The number of amides is 2. The van der Waals surface area contributed by atoms with E-state index in [1.807, 2.05) is 0 Å². The van der Waals surface area contributed by atoms with Gasteiger partial charge in [0.1, 0.15) is 17.2 Å². The van der Waals surface area contributed by atoms with Gasteiger partial charge in [0.05, 0.1) is 17.3 Å². The lowest BCUT2D eigenvalue weighted by Crippen LogP contribution is -2.56. The molecule has 3 aliphatic rings. The molecular formula is C23H20FN3O4S. The molecule has 2 aromatic rings. The monoisotopic (exact) mass is 453 g/mol. The Morgan fingerprint density at radius 1 is 1.09 bits per heavy atom. The van der Waals surface area contributed by atoms with Crippen LogP contribution in [-0.4, -0.2) is 43.5 Å². The van der Waals surface area contributed by atoms with Crippen LogP contribution in [0.15, 0.2) is 42.5 Å². The molecule has 1 N–H and O–H groups in total. The number of benzene rings is 2. The highest BCUT2D eigenvalue weighted by molar-refractivity contribution is 7.80. The molecule has 0 saturated carbocycles. The number of halogens is 1. The van der Waals surface area contributed by atoms with Crippen LogP contribution in [0.2, 0.25) is 0 Å². The third-order valence-corrected chi connectivity index (χ3v) is 7.20. The normalized spacial score (nSPS) is 27.9. The number of carbonyl (C=O) groups is 3. The number of likely N-dealkylation sites (N-methyl/N-ethyl adjacent to an activating group) is 2. The first-order valence-corrected chi connectivity index (χ1v) is 10.6. The van der Waals surface area contributed by atoms with E-state index in [9.17, 15) is 18.8 Å². The number of para-hydroxylation sites is 2. The van der Waals surface area contributed by atoms with Crippen LogP contribution in [-0.2, 0) is 30.1 Å². The maximum absolute atomic E-state index is 14.9. The number of thiocarbonyl (C=S) groups is 1. The topological polar surface area (TPSA) is 79.0 Å². The van der Waals surface area contributed by atoms with Gasteiger partial charge in [0.2, 0.25) is 5.91 Å². The minimum absolute atomic E-state index is 0.00444. The highest BCUT2D eigenvalue weighted by atomic mass is 32.1. The number of fused-ring (bicyclic) bond motifs is 4. The lowest BCUT2D eigenvalue weighted by atomic mass is 9.65. The van der Waals surface area contributed by atoms with Crippen LogP contribution in [0.5, 0.6) is 0 Å². The summed E-state index contributed by atoms with van der Waals surface area (Å²) in [6.07, 6.45) is 0. The Kier molecular flexibility index (Phi) is 4.23. The van der Waals surface area contributed by atoms with E-state index in [1.54, 1.807) is 44.3 Å². The average molecular weight is 453 g/mol. The molecule has 5 rings (SSSR count). The molecule has 2 spiro atoms.